The minimum atomic E-state index is 0.834. The van der Waals surface area contributed by atoms with Crippen LogP contribution in [0.4, 0.5) is 0 Å². The van der Waals surface area contributed by atoms with Crippen LogP contribution in [-0.2, 0) is 11.2 Å². The zero-order chi connectivity index (χ0) is 9.68. The molecule has 71 valence electrons. The fourth-order valence-electron chi connectivity index (χ4n) is 1.51. The van der Waals surface area contributed by atoms with E-state index in [1.807, 2.05) is 0 Å². The molecule has 0 aromatic heterocycles. The highest BCUT2D eigenvalue weighted by Crippen LogP contribution is 2.10. The number of rotatable bonds is 4. The van der Waals surface area contributed by atoms with Crippen molar-refractivity contribution in [1.82, 2.24) is 0 Å². The van der Waals surface area contributed by atoms with Crippen LogP contribution in [0.1, 0.15) is 23.1 Å². The van der Waals surface area contributed by atoms with Gasteiger partial charge < -0.3 is 4.74 Å². The molecule has 0 aliphatic rings. The van der Waals surface area contributed by atoms with Crippen molar-refractivity contribution in [2.75, 3.05) is 13.7 Å². The molecule has 0 bridgehead atoms. The third kappa shape index (κ3) is 3.60. The summed E-state index contributed by atoms with van der Waals surface area (Å²) in [4.78, 5) is 0. The van der Waals surface area contributed by atoms with E-state index >= 15 is 0 Å². The Morgan fingerprint density at radius 2 is 2.08 bits per heavy atom. The molecule has 1 rings (SSSR count). The lowest BCUT2D eigenvalue weighted by Crippen LogP contribution is -1.93. The number of benzene rings is 1. The van der Waals surface area contributed by atoms with E-state index in [1.54, 1.807) is 7.11 Å². The topological polar surface area (TPSA) is 9.23 Å². The van der Waals surface area contributed by atoms with E-state index in [2.05, 4.69) is 32.0 Å². The Bertz CT molecular complexity index is 246. The quantitative estimate of drug-likeness (QED) is 0.642. The van der Waals surface area contributed by atoms with Gasteiger partial charge in [-0.05, 0) is 37.8 Å². The minimum Gasteiger partial charge on any atom is -0.385 e. The van der Waals surface area contributed by atoms with Crippen LogP contribution < -0.4 is 0 Å². The van der Waals surface area contributed by atoms with Gasteiger partial charge in [-0.2, -0.15) is 0 Å². The summed E-state index contributed by atoms with van der Waals surface area (Å²) >= 11 is 0. The smallest absolute Gasteiger partial charge is 0.0465 e. The number of hydrogen-bond acceptors (Lipinski definition) is 1. The summed E-state index contributed by atoms with van der Waals surface area (Å²) in [7, 11) is 1.74. The molecule has 0 atom stereocenters. The summed E-state index contributed by atoms with van der Waals surface area (Å²) in [6, 6.07) is 6.45. The lowest BCUT2D eigenvalue weighted by atomic mass is 10.0. The second-order valence-corrected chi connectivity index (χ2v) is 3.42. The molecule has 0 saturated heterocycles. The second-order valence-electron chi connectivity index (χ2n) is 3.42. The number of methoxy groups -OCH3 is 1. The van der Waals surface area contributed by atoms with E-state index in [0.29, 0.717) is 0 Å². The number of hydrogen-bond donors (Lipinski definition) is 0. The van der Waals surface area contributed by atoms with Crippen molar-refractivity contribution in [3.8, 4) is 0 Å². The Morgan fingerprint density at radius 1 is 1.31 bits per heavy atom. The first-order valence-electron chi connectivity index (χ1n) is 4.64. The van der Waals surface area contributed by atoms with Crippen molar-refractivity contribution in [2.24, 2.45) is 0 Å². The summed E-state index contributed by atoms with van der Waals surface area (Å²) in [5, 5.41) is 0. The molecule has 0 amide bonds. The van der Waals surface area contributed by atoms with E-state index in [4.69, 9.17) is 4.74 Å². The molecular weight excluding hydrogens is 160 g/mol. The van der Waals surface area contributed by atoms with E-state index in [0.717, 1.165) is 25.0 Å². The molecule has 0 unspecified atom stereocenters. The Labute approximate surface area is 80.7 Å². The molecule has 0 N–H and O–H groups in total. The summed E-state index contributed by atoms with van der Waals surface area (Å²) in [5.41, 5.74) is 3.76. The zero-order valence-electron chi connectivity index (χ0n) is 8.47. The highest BCUT2D eigenvalue weighted by molar-refractivity contribution is 5.30. The normalized spacial score (nSPS) is 10.4. The van der Waals surface area contributed by atoms with Gasteiger partial charge in [-0.1, -0.05) is 23.8 Å². The lowest BCUT2D eigenvalue weighted by Gasteiger charge is -2.04. The van der Waals surface area contributed by atoms with Gasteiger partial charge in [-0.3, -0.25) is 0 Å². The fraction of sp³-hybridized carbons (Fsp3) is 0.417. The van der Waals surface area contributed by atoms with Crippen molar-refractivity contribution >= 4 is 0 Å². The molecule has 13 heavy (non-hydrogen) atoms. The van der Waals surface area contributed by atoms with Crippen LogP contribution in [0.5, 0.6) is 0 Å². The maximum Gasteiger partial charge on any atom is 0.0465 e. The molecule has 1 aromatic rings. The van der Waals surface area contributed by atoms with E-state index < -0.39 is 0 Å². The van der Waals surface area contributed by atoms with Gasteiger partial charge in [0, 0.05) is 13.7 Å². The summed E-state index contributed by atoms with van der Waals surface area (Å²) in [6.07, 6.45) is 2.16. The van der Waals surface area contributed by atoms with E-state index in [9.17, 15) is 0 Å². The largest absolute Gasteiger partial charge is 0.385 e. The standard InChI is InChI=1S/C12H17O/c1-10-7-11(2)9-12(8-10)5-4-6-13-3/h7-9H,1,4-6H2,2-3H3. The third-order valence-electron chi connectivity index (χ3n) is 2.01. The summed E-state index contributed by atoms with van der Waals surface area (Å²) < 4.78 is 5.01. The number of aryl methyl sites for hydroxylation is 2. The van der Waals surface area contributed by atoms with Crippen LogP contribution in [0.15, 0.2) is 18.2 Å². The Kier molecular flexibility index (Phi) is 3.97. The summed E-state index contributed by atoms with van der Waals surface area (Å²) in [5.74, 6) is 0. The van der Waals surface area contributed by atoms with Gasteiger partial charge in [-0.25, -0.2) is 0 Å². The van der Waals surface area contributed by atoms with Crippen molar-refractivity contribution in [3.05, 3.63) is 41.8 Å². The van der Waals surface area contributed by atoms with Crippen LogP contribution in [0.2, 0.25) is 0 Å². The van der Waals surface area contributed by atoms with Gasteiger partial charge in [0.1, 0.15) is 0 Å². The SMILES string of the molecule is [CH2]c1cc(C)cc(CCCOC)c1. The molecule has 0 spiro atoms. The van der Waals surface area contributed by atoms with Crippen LogP contribution in [0, 0.1) is 13.8 Å². The van der Waals surface area contributed by atoms with Crippen LogP contribution in [-0.4, -0.2) is 13.7 Å². The van der Waals surface area contributed by atoms with Crippen LogP contribution >= 0.6 is 0 Å². The molecule has 0 heterocycles. The first-order chi connectivity index (χ1) is 6.22. The molecule has 1 nitrogen and oxygen atoms in total. The highest BCUT2D eigenvalue weighted by Gasteiger charge is 1.95. The minimum absolute atomic E-state index is 0.834. The van der Waals surface area contributed by atoms with Gasteiger partial charge in [0.2, 0.25) is 0 Å². The second kappa shape index (κ2) is 5.03. The van der Waals surface area contributed by atoms with Gasteiger partial charge >= 0.3 is 0 Å². The molecule has 0 fully saturated rings. The monoisotopic (exact) mass is 177 g/mol. The molecule has 0 aliphatic heterocycles. The van der Waals surface area contributed by atoms with Crippen molar-refractivity contribution < 1.29 is 4.74 Å². The fourth-order valence-corrected chi connectivity index (χ4v) is 1.51. The van der Waals surface area contributed by atoms with Gasteiger partial charge in [0.15, 0.2) is 0 Å². The third-order valence-corrected chi connectivity index (χ3v) is 2.01. The number of ether oxygens (including phenoxy) is 1. The van der Waals surface area contributed by atoms with E-state index in [1.165, 1.54) is 11.1 Å². The first kappa shape index (κ1) is 10.3. The van der Waals surface area contributed by atoms with Crippen molar-refractivity contribution in [3.63, 3.8) is 0 Å². The van der Waals surface area contributed by atoms with Gasteiger partial charge in [0.05, 0.1) is 0 Å². The maximum atomic E-state index is 5.01. The molecular formula is C12H17O. The molecule has 0 aliphatic carbocycles. The van der Waals surface area contributed by atoms with Gasteiger partial charge in [0.25, 0.3) is 0 Å². The maximum absolute atomic E-state index is 5.01. The average Bonchev–Trinajstić information content (AvgIpc) is 2.03. The van der Waals surface area contributed by atoms with Crippen molar-refractivity contribution in [2.45, 2.75) is 19.8 Å². The van der Waals surface area contributed by atoms with Gasteiger partial charge in [-0.15, -0.1) is 0 Å². The molecule has 1 radical (unpaired) electrons. The Hall–Kier alpha value is -0.820. The molecule has 0 saturated carbocycles. The predicted octanol–water partition coefficient (Wildman–Crippen LogP) is 2.76. The summed E-state index contributed by atoms with van der Waals surface area (Å²) in [6.45, 7) is 6.88. The highest BCUT2D eigenvalue weighted by atomic mass is 16.5. The lowest BCUT2D eigenvalue weighted by molar-refractivity contribution is 0.195. The van der Waals surface area contributed by atoms with E-state index in [-0.39, 0.29) is 0 Å². The molecule has 1 aromatic carbocycles. The first-order valence-corrected chi connectivity index (χ1v) is 4.64. The zero-order valence-corrected chi connectivity index (χ0v) is 8.47. The van der Waals surface area contributed by atoms with Crippen LogP contribution in [0.3, 0.4) is 0 Å². The Morgan fingerprint density at radius 3 is 2.69 bits per heavy atom. The van der Waals surface area contributed by atoms with Crippen molar-refractivity contribution in [1.29, 1.82) is 0 Å². The Balaban J connectivity index is 2.56. The predicted molar refractivity (Wildman–Crippen MR) is 55.8 cm³/mol. The molecule has 1 heteroatoms. The van der Waals surface area contributed by atoms with Crippen LogP contribution in [0.25, 0.3) is 0 Å². The average molecular weight is 177 g/mol.